The van der Waals surface area contributed by atoms with E-state index in [0.29, 0.717) is 17.5 Å². The number of benzene rings is 2. The molecule has 0 fully saturated rings. The first-order valence-electron chi connectivity index (χ1n) is 15.8. The van der Waals surface area contributed by atoms with Crippen LogP contribution < -0.4 is 10.6 Å². The molecule has 4 unspecified atom stereocenters. The van der Waals surface area contributed by atoms with Crippen LogP contribution in [0.4, 0.5) is 4.79 Å². The molecule has 2 aromatic rings. The van der Waals surface area contributed by atoms with Crippen LogP contribution in [0.1, 0.15) is 98.4 Å². The molecule has 250 valence electrons. The topological polar surface area (TPSA) is 114 Å². The van der Waals surface area contributed by atoms with Crippen LogP contribution in [0, 0.1) is 18.3 Å². The maximum Gasteiger partial charge on any atom is 0.408 e. The molecule has 0 aromatic heterocycles. The highest BCUT2D eigenvalue weighted by Gasteiger charge is 2.41. The van der Waals surface area contributed by atoms with E-state index in [9.17, 15) is 19.2 Å². The fourth-order valence-corrected chi connectivity index (χ4v) is 4.86. The van der Waals surface area contributed by atoms with Crippen molar-refractivity contribution in [3.8, 4) is 12.3 Å². The summed E-state index contributed by atoms with van der Waals surface area (Å²) in [6.07, 6.45) is 5.80. The lowest BCUT2D eigenvalue weighted by Gasteiger charge is -2.39. The fourth-order valence-electron chi connectivity index (χ4n) is 4.86. The van der Waals surface area contributed by atoms with Gasteiger partial charge in [0.05, 0.1) is 0 Å². The molecule has 0 aliphatic rings. The average molecular weight is 634 g/mol. The Hall–Kier alpha value is -4.32. The standard InChI is InChI=1S/C37H51N3O6/c1-12-25(5)40(33(42)30(24(3)4)39-35(44)46-37(9,10)11)31(28-22-18-17-21-27(28)13-2)32(41)38-29(34(43)45-36(6,7)8)23-26-19-15-14-16-20-26/h2,14-22,24-25,29-31H,12,23H2,1,3-11H3,(H,38,41)(H,39,44). The molecule has 0 bridgehead atoms. The Balaban J connectivity index is 2.69. The Morgan fingerprint density at radius 1 is 0.848 bits per heavy atom. The highest BCUT2D eigenvalue weighted by molar-refractivity contribution is 5.94. The molecule has 46 heavy (non-hydrogen) atoms. The van der Waals surface area contributed by atoms with Crippen LogP contribution in [0.25, 0.3) is 0 Å². The number of terminal acetylenes is 1. The summed E-state index contributed by atoms with van der Waals surface area (Å²) >= 11 is 0. The molecule has 2 rings (SSSR count). The van der Waals surface area contributed by atoms with Gasteiger partial charge in [-0.2, -0.15) is 0 Å². The van der Waals surface area contributed by atoms with Crippen molar-refractivity contribution in [3.05, 3.63) is 71.3 Å². The molecular formula is C37H51N3O6. The van der Waals surface area contributed by atoms with Gasteiger partial charge in [0.2, 0.25) is 11.8 Å². The van der Waals surface area contributed by atoms with E-state index in [0.717, 1.165) is 5.56 Å². The lowest BCUT2D eigenvalue weighted by atomic mass is 9.93. The zero-order chi connectivity index (χ0) is 34.8. The highest BCUT2D eigenvalue weighted by atomic mass is 16.6. The number of ether oxygens (including phenoxy) is 2. The van der Waals surface area contributed by atoms with Gasteiger partial charge in [-0.25, -0.2) is 9.59 Å². The Morgan fingerprint density at radius 3 is 1.93 bits per heavy atom. The molecule has 9 heteroatoms. The van der Waals surface area contributed by atoms with Crippen LogP contribution in [0.15, 0.2) is 54.6 Å². The van der Waals surface area contributed by atoms with E-state index in [1.54, 1.807) is 79.7 Å². The smallest absolute Gasteiger partial charge is 0.408 e. The summed E-state index contributed by atoms with van der Waals surface area (Å²) in [5, 5.41) is 5.63. The van der Waals surface area contributed by atoms with Gasteiger partial charge < -0.3 is 25.0 Å². The molecular weight excluding hydrogens is 582 g/mol. The summed E-state index contributed by atoms with van der Waals surface area (Å²) in [4.78, 5) is 56.9. The molecule has 2 aromatic carbocycles. The first-order chi connectivity index (χ1) is 21.4. The lowest BCUT2D eigenvalue weighted by molar-refractivity contribution is -0.159. The van der Waals surface area contributed by atoms with Crippen LogP contribution in [0.5, 0.6) is 0 Å². The zero-order valence-electron chi connectivity index (χ0n) is 29.0. The summed E-state index contributed by atoms with van der Waals surface area (Å²) in [6.45, 7) is 17.8. The monoisotopic (exact) mass is 633 g/mol. The van der Waals surface area contributed by atoms with Crippen LogP contribution in [-0.2, 0) is 30.3 Å². The van der Waals surface area contributed by atoms with E-state index in [2.05, 4.69) is 16.6 Å². The summed E-state index contributed by atoms with van der Waals surface area (Å²) in [5.74, 6) is 0.579. The molecule has 0 spiro atoms. The van der Waals surface area contributed by atoms with Gasteiger partial charge >= 0.3 is 12.1 Å². The van der Waals surface area contributed by atoms with Gasteiger partial charge in [0, 0.05) is 18.0 Å². The van der Waals surface area contributed by atoms with Gasteiger partial charge in [0.1, 0.15) is 29.3 Å². The third kappa shape index (κ3) is 11.2. The molecule has 0 aliphatic carbocycles. The summed E-state index contributed by atoms with van der Waals surface area (Å²) < 4.78 is 11.2. The Kier molecular flexibility index (Phi) is 13.4. The minimum absolute atomic E-state index is 0.164. The summed E-state index contributed by atoms with van der Waals surface area (Å²) in [5.41, 5.74) is 0.0631. The van der Waals surface area contributed by atoms with Crippen molar-refractivity contribution in [1.29, 1.82) is 0 Å². The van der Waals surface area contributed by atoms with E-state index < -0.39 is 59.2 Å². The van der Waals surface area contributed by atoms with Crippen LogP contribution >= 0.6 is 0 Å². The van der Waals surface area contributed by atoms with E-state index in [-0.39, 0.29) is 12.3 Å². The number of nitrogens with zero attached hydrogens (tertiary/aromatic N) is 1. The van der Waals surface area contributed by atoms with Crippen molar-refractivity contribution in [2.45, 2.75) is 117 Å². The van der Waals surface area contributed by atoms with Crippen LogP contribution in [-0.4, -0.2) is 58.1 Å². The van der Waals surface area contributed by atoms with Gasteiger partial charge in [0.15, 0.2) is 0 Å². The first-order valence-corrected chi connectivity index (χ1v) is 15.8. The summed E-state index contributed by atoms with van der Waals surface area (Å²) in [7, 11) is 0. The SMILES string of the molecule is C#Cc1ccccc1C(C(=O)NC(Cc1ccccc1)C(=O)OC(C)(C)C)N(C(=O)C(NC(=O)OC(C)(C)C)C(C)C)C(C)CC. The second-order valence-electron chi connectivity index (χ2n) is 13.8. The fraction of sp³-hybridized carbons (Fsp3) is 0.514. The molecule has 4 atom stereocenters. The molecule has 0 saturated carbocycles. The minimum atomic E-state index is -1.24. The number of carbonyl (C=O) groups is 4. The maximum atomic E-state index is 14.6. The van der Waals surface area contributed by atoms with E-state index in [4.69, 9.17) is 15.9 Å². The van der Waals surface area contributed by atoms with Crippen molar-refractivity contribution < 1.29 is 28.7 Å². The number of alkyl carbamates (subject to hydrolysis) is 1. The second-order valence-corrected chi connectivity index (χ2v) is 13.8. The van der Waals surface area contributed by atoms with Gasteiger partial charge in [0.25, 0.3) is 0 Å². The van der Waals surface area contributed by atoms with Crippen LogP contribution in [0.3, 0.4) is 0 Å². The normalized spacial score (nSPS) is 14.2. The number of esters is 1. The molecule has 3 amide bonds. The number of nitrogens with one attached hydrogen (secondary N) is 2. The van der Waals surface area contributed by atoms with Crippen molar-refractivity contribution >= 4 is 23.9 Å². The Morgan fingerprint density at radius 2 is 1.41 bits per heavy atom. The van der Waals surface area contributed by atoms with Gasteiger partial charge in [-0.15, -0.1) is 6.42 Å². The Bertz CT molecular complexity index is 1380. The van der Waals surface area contributed by atoms with Crippen molar-refractivity contribution in [1.82, 2.24) is 15.5 Å². The third-order valence-corrected chi connectivity index (χ3v) is 7.15. The van der Waals surface area contributed by atoms with E-state index in [1.165, 1.54) is 4.90 Å². The predicted octanol–water partition coefficient (Wildman–Crippen LogP) is 5.95. The lowest BCUT2D eigenvalue weighted by Crippen LogP contribution is -2.58. The van der Waals surface area contributed by atoms with E-state index in [1.807, 2.05) is 44.2 Å². The van der Waals surface area contributed by atoms with Gasteiger partial charge in [-0.05, 0) is 78.0 Å². The Labute approximate surface area is 274 Å². The maximum absolute atomic E-state index is 14.6. The van der Waals surface area contributed by atoms with Crippen LogP contribution in [0.2, 0.25) is 0 Å². The second kappa shape index (κ2) is 16.3. The van der Waals surface area contributed by atoms with Gasteiger partial charge in [-0.1, -0.05) is 75.2 Å². The van der Waals surface area contributed by atoms with Crippen molar-refractivity contribution in [2.75, 3.05) is 0 Å². The van der Waals surface area contributed by atoms with Crippen molar-refractivity contribution in [3.63, 3.8) is 0 Å². The number of rotatable bonds is 12. The number of amides is 3. The zero-order valence-corrected chi connectivity index (χ0v) is 29.0. The first kappa shape index (κ1) is 37.9. The average Bonchev–Trinajstić information content (AvgIpc) is 2.96. The molecule has 0 aliphatic heterocycles. The summed E-state index contributed by atoms with van der Waals surface area (Å²) in [6, 6.07) is 12.4. The molecule has 9 nitrogen and oxygen atoms in total. The molecule has 0 heterocycles. The number of hydrogen-bond acceptors (Lipinski definition) is 6. The largest absolute Gasteiger partial charge is 0.458 e. The molecule has 2 N–H and O–H groups in total. The predicted molar refractivity (Wildman–Crippen MR) is 180 cm³/mol. The third-order valence-electron chi connectivity index (χ3n) is 7.15. The van der Waals surface area contributed by atoms with E-state index >= 15 is 0 Å². The number of carbonyl (C=O) groups excluding carboxylic acids is 4. The minimum Gasteiger partial charge on any atom is -0.458 e. The molecule has 0 radical (unpaired) electrons. The quantitative estimate of drug-likeness (QED) is 0.221. The van der Waals surface area contributed by atoms with Crippen molar-refractivity contribution in [2.24, 2.45) is 5.92 Å². The highest BCUT2D eigenvalue weighted by Crippen LogP contribution is 2.30. The van der Waals surface area contributed by atoms with Gasteiger partial charge in [-0.3, -0.25) is 9.59 Å². The molecule has 0 saturated heterocycles. The number of hydrogen-bond donors (Lipinski definition) is 2.